The summed E-state index contributed by atoms with van der Waals surface area (Å²) in [6.07, 6.45) is 3.58. The zero-order chi connectivity index (χ0) is 9.42. The third kappa shape index (κ3) is 1.31. The van der Waals surface area contributed by atoms with Crippen LogP contribution in [0, 0.1) is 0 Å². The van der Waals surface area contributed by atoms with Gasteiger partial charge in [-0.15, -0.1) is 12.6 Å². The number of thiol groups is 1. The summed E-state index contributed by atoms with van der Waals surface area (Å²) in [6, 6.07) is 2.27. The number of rotatable bonds is 1. The number of nitrogens with zero attached hydrogens (tertiary/aromatic N) is 3. The van der Waals surface area contributed by atoms with Crippen LogP contribution in [-0.4, -0.2) is 14.8 Å². The van der Waals surface area contributed by atoms with Crippen LogP contribution in [0.15, 0.2) is 23.5 Å². The first-order chi connectivity index (χ1) is 6.20. The van der Waals surface area contributed by atoms with Crippen LogP contribution in [-0.2, 0) is 0 Å². The molecule has 0 atom stereocenters. The SMILES string of the molecule is CC(C)n1nc(S)c2ccncc21. The van der Waals surface area contributed by atoms with E-state index in [-0.39, 0.29) is 0 Å². The average Bonchev–Trinajstić information content (AvgIpc) is 2.45. The molecule has 2 rings (SSSR count). The van der Waals surface area contributed by atoms with Crippen molar-refractivity contribution < 1.29 is 0 Å². The molecule has 2 aromatic heterocycles. The molecule has 13 heavy (non-hydrogen) atoms. The Kier molecular flexibility index (Phi) is 2.00. The third-order valence-electron chi connectivity index (χ3n) is 1.98. The molecule has 0 aromatic carbocycles. The monoisotopic (exact) mass is 193 g/mol. The van der Waals surface area contributed by atoms with Crippen LogP contribution in [0.25, 0.3) is 10.9 Å². The maximum atomic E-state index is 4.33. The van der Waals surface area contributed by atoms with E-state index >= 15 is 0 Å². The zero-order valence-electron chi connectivity index (χ0n) is 7.60. The van der Waals surface area contributed by atoms with Crippen LogP contribution in [0.3, 0.4) is 0 Å². The lowest BCUT2D eigenvalue weighted by atomic mass is 10.3. The average molecular weight is 193 g/mol. The lowest BCUT2D eigenvalue weighted by Gasteiger charge is -2.05. The Morgan fingerprint density at radius 1 is 1.46 bits per heavy atom. The van der Waals surface area contributed by atoms with Gasteiger partial charge in [0.05, 0.1) is 11.7 Å². The molecule has 3 nitrogen and oxygen atoms in total. The second-order valence-corrected chi connectivity index (χ2v) is 3.68. The summed E-state index contributed by atoms with van der Waals surface area (Å²) in [4.78, 5) is 4.07. The van der Waals surface area contributed by atoms with Gasteiger partial charge in [-0.1, -0.05) is 0 Å². The van der Waals surface area contributed by atoms with Crippen LogP contribution >= 0.6 is 12.6 Å². The molecule has 0 bridgehead atoms. The summed E-state index contributed by atoms with van der Waals surface area (Å²) in [5, 5.41) is 6.16. The van der Waals surface area contributed by atoms with Crippen molar-refractivity contribution >= 4 is 23.5 Å². The van der Waals surface area contributed by atoms with Gasteiger partial charge in [-0.2, -0.15) is 5.10 Å². The van der Waals surface area contributed by atoms with Crippen LogP contribution in [0.4, 0.5) is 0 Å². The predicted octanol–water partition coefficient (Wildman–Crippen LogP) is 2.30. The van der Waals surface area contributed by atoms with E-state index in [0.29, 0.717) is 6.04 Å². The molecule has 2 heterocycles. The van der Waals surface area contributed by atoms with Crippen molar-refractivity contribution in [3.63, 3.8) is 0 Å². The number of pyridine rings is 1. The summed E-state index contributed by atoms with van der Waals surface area (Å²) in [7, 11) is 0. The van der Waals surface area contributed by atoms with Crippen molar-refractivity contribution in [3.05, 3.63) is 18.5 Å². The number of aromatic nitrogens is 3. The van der Waals surface area contributed by atoms with Gasteiger partial charge in [-0.25, -0.2) is 0 Å². The highest BCUT2D eigenvalue weighted by atomic mass is 32.1. The summed E-state index contributed by atoms with van der Waals surface area (Å²) in [5.74, 6) is 0. The molecule has 0 amide bonds. The van der Waals surface area contributed by atoms with E-state index in [1.54, 1.807) is 6.20 Å². The van der Waals surface area contributed by atoms with E-state index in [2.05, 4.69) is 36.6 Å². The van der Waals surface area contributed by atoms with Crippen LogP contribution in [0.5, 0.6) is 0 Å². The highest BCUT2D eigenvalue weighted by Gasteiger charge is 2.08. The molecular weight excluding hydrogens is 182 g/mol. The van der Waals surface area contributed by atoms with Gasteiger partial charge in [0.25, 0.3) is 0 Å². The Labute approximate surface area is 82.2 Å². The molecule has 68 valence electrons. The fourth-order valence-electron chi connectivity index (χ4n) is 1.36. The molecule has 0 saturated heterocycles. The molecule has 2 aromatic rings. The van der Waals surface area contributed by atoms with Crippen molar-refractivity contribution in [2.45, 2.75) is 24.9 Å². The maximum Gasteiger partial charge on any atom is 0.123 e. The lowest BCUT2D eigenvalue weighted by molar-refractivity contribution is 0.539. The highest BCUT2D eigenvalue weighted by molar-refractivity contribution is 7.80. The zero-order valence-corrected chi connectivity index (χ0v) is 8.49. The minimum Gasteiger partial charge on any atom is -0.262 e. The van der Waals surface area contributed by atoms with Gasteiger partial charge in [0.2, 0.25) is 0 Å². The van der Waals surface area contributed by atoms with Gasteiger partial charge in [0.1, 0.15) is 5.03 Å². The smallest absolute Gasteiger partial charge is 0.123 e. The van der Waals surface area contributed by atoms with Crippen LogP contribution in [0.1, 0.15) is 19.9 Å². The summed E-state index contributed by atoms with van der Waals surface area (Å²) >= 11 is 4.31. The van der Waals surface area contributed by atoms with Gasteiger partial charge < -0.3 is 0 Å². The molecule has 0 radical (unpaired) electrons. The van der Waals surface area contributed by atoms with E-state index in [1.165, 1.54) is 0 Å². The van der Waals surface area contributed by atoms with Crippen molar-refractivity contribution in [2.75, 3.05) is 0 Å². The van der Waals surface area contributed by atoms with E-state index in [0.717, 1.165) is 15.9 Å². The first-order valence-electron chi connectivity index (χ1n) is 4.21. The Morgan fingerprint density at radius 2 is 2.23 bits per heavy atom. The topological polar surface area (TPSA) is 30.7 Å². The first kappa shape index (κ1) is 8.56. The van der Waals surface area contributed by atoms with Gasteiger partial charge in [-0.3, -0.25) is 9.67 Å². The van der Waals surface area contributed by atoms with E-state index in [9.17, 15) is 0 Å². The van der Waals surface area contributed by atoms with Crippen LogP contribution in [0.2, 0.25) is 0 Å². The van der Waals surface area contributed by atoms with Crippen LogP contribution < -0.4 is 0 Å². The molecular formula is C9H11N3S. The standard InChI is InChI=1S/C9H11N3S/c1-6(2)12-8-5-10-4-3-7(8)9(13)11-12/h3-6H,1-2H3,(H,11,13). The van der Waals surface area contributed by atoms with Crippen molar-refractivity contribution in [1.82, 2.24) is 14.8 Å². The van der Waals surface area contributed by atoms with Gasteiger partial charge in [0.15, 0.2) is 0 Å². The van der Waals surface area contributed by atoms with Crippen molar-refractivity contribution in [2.24, 2.45) is 0 Å². The lowest BCUT2D eigenvalue weighted by Crippen LogP contribution is -2.02. The number of hydrogen-bond donors (Lipinski definition) is 1. The second-order valence-electron chi connectivity index (χ2n) is 3.25. The molecule has 0 fully saturated rings. The van der Waals surface area contributed by atoms with Gasteiger partial charge in [0, 0.05) is 17.6 Å². The summed E-state index contributed by atoms with van der Waals surface area (Å²) < 4.78 is 1.94. The number of hydrogen-bond acceptors (Lipinski definition) is 3. The fraction of sp³-hybridized carbons (Fsp3) is 0.333. The van der Waals surface area contributed by atoms with Gasteiger partial charge in [-0.05, 0) is 19.9 Å². The predicted molar refractivity (Wildman–Crippen MR) is 55.2 cm³/mol. The Balaban J connectivity index is 2.78. The Bertz CT molecular complexity index is 433. The molecule has 0 unspecified atom stereocenters. The first-order valence-corrected chi connectivity index (χ1v) is 4.66. The maximum absolute atomic E-state index is 4.33. The summed E-state index contributed by atoms with van der Waals surface area (Å²) in [6.45, 7) is 4.18. The molecule has 0 aliphatic carbocycles. The molecule has 4 heteroatoms. The minimum absolute atomic E-state index is 0.340. The molecule has 0 aliphatic rings. The number of fused-ring (bicyclic) bond motifs is 1. The normalized spacial score (nSPS) is 11.4. The quantitative estimate of drug-likeness (QED) is 0.704. The molecule has 0 spiro atoms. The van der Waals surface area contributed by atoms with E-state index in [4.69, 9.17) is 0 Å². The minimum atomic E-state index is 0.340. The molecule has 0 aliphatic heterocycles. The third-order valence-corrected chi connectivity index (χ3v) is 2.31. The Hall–Kier alpha value is -1.03. The van der Waals surface area contributed by atoms with Crippen molar-refractivity contribution in [1.29, 1.82) is 0 Å². The summed E-state index contributed by atoms with van der Waals surface area (Å²) in [5.41, 5.74) is 1.04. The second kappa shape index (κ2) is 3.03. The van der Waals surface area contributed by atoms with Gasteiger partial charge >= 0.3 is 0 Å². The van der Waals surface area contributed by atoms with E-state index < -0.39 is 0 Å². The highest BCUT2D eigenvalue weighted by Crippen LogP contribution is 2.22. The van der Waals surface area contributed by atoms with E-state index in [1.807, 2.05) is 16.9 Å². The molecule has 0 saturated carbocycles. The van der Waals surface area contributed by atoms with Crippen molar-refractivity contribution in [3.8, 4) is 0 Å². The fourth-order valence-corrected chi connectivity index (χ4v) is 1.65. The largest absolute Gasteiger partial charge is 0.262 e. The molecule has 0 N–H and O–H groups in total. The Morgan fingerprint density at radius 3 is 2.92 bits per heavy atom.